The Balaban J connectivity index is 2.96. The number of benzene rings is 1. The first-order valence-corrected chi connectivity index (χ1v) is 4.25. The molecule has 0 aliphatic heterocycles. The molecule has 3 nitrogen and oxygen atoms in total. The Morgan fingerprint density at radius 3 is 2.50 bits per heavy atom. The third-order valence-corrected chi connectivity index (χ3v) is 1.67. The van der Waals surface area contributed by atoms with E-state index in [0.29, 0.717) is 0 Å². The van der Waals surface area contributed by atoms with Gasteiger partial charge in [-0.25, -0.2) is 0 Å². The minimum absolute atomic E-state index is 0.262. The van der Waals surface area contributed by atoms with E-state index in [1.165, 1.54) is 12.1 Å². The van der Waals surface area contributed by atoms with Crippen LogP contribution in [0.25, 0.3) is 0 Å². The molecule has 0 saturated carbocycles. The zero-order chi connectivity index (χ0) is 12.2. The molecule has 1 aromatic carbocycles. The molecule has 86 valence electrons. The number of carbonyl (C=O) groups excluding carboxylic acids is 2. The maximum atomic E-state index is 12.4. The van der Waals surface area contributed by atoms with E-state index in [1.54, 1.807) is 0 Å². The van der Waals surface area contributed by atoms with Gasteiger partial charge >= 0.3 is 12.1 Å². The topological polar surface area (TPSA) is 43.4 Å². The van der Waals surface area contributed by atoms with E-state index < -0.39 is 29.9 Å². The first-order valence-electron chi connectivity index (χ1n) is 4.25. The van der Waals surface area contributed by atoms with Crippen LogP contribution in [0.4, 0.5) is 13.2 Å². The van der Waals surface area contributed by atoms with E-state index >= 15 is 0 Å². The maximum Gasteiger partial charge on any atom is 0.419 e. The van der Waals surface area contributed by atoms with Crippen LogP contribution in [-0.4, -0.2) is 12.3 Å². The van der Waals surface area contributed by atoms with Gasteiger partial charge in [0.2, 0.25) is 0 Å². The molecule has 16 heavy (non-hydrogen) atoms. The normalized spacial score (nSPS) is 10.9. The summed E-state index contributed by atoms with van der Waals surface area (Å²) in [6, 6.07) is 4.30. The van der Waals surface area contributed by atoms with E-state index in [1.807, 2.05) is 0 Å². The lowest BCUT2D eigenvalue weighted by Crippen LogP contribution is -2.13. The van der Waals surface area contributed by atoms with Crippen molar-refractivity contribution in [3.63, 3.8) is 0 Å². The summed E-state index contributed by atoms with van der Waals surface area (Å²) in [5.74, 6) is -1.62. The molecule has 0 aromatic heterocycles. The predicted molar refractivity (Wildman–Crippen MR) is 47.8 cm³/mol. The van der Waals surface area contributed by atoms with E-state index in [0.717, 1.165) is 12.1 Å². The van der Waals surface area contributed by atoms with Crippen molar-refractivity contribution in [2.24, 2.45) is 0 Å². The molecule has 0 unspecified atom stereocenters. The fraction of sp³-hybridized carbons (Fsp3) is 0.200. The number of para-hydroxylation sites is 1. The smallest absolute Gasteiger partial charge is 0.419 e. The van der Waals surface area contributed by atoms with Gasteiger partial charge in [0.05, 0.1) is 5.56 Å². The van der Waals surface area contributed by atoms with Crippen molar-refractivity contribution in [2.45, 2.75) is 12.6 Å². The Kier molecular flexibility index (Phi) is 3.65. The summed E-state index contributed by atoms with van der Waals surface area (Å²) in [7, 11) is 0. The Labute approximate surface area is 88.8 Å². The largest absolute Gasteiger partial charge is 0.426 e. The Morgan fingerprint density at radius 2 is 1.94 bits per heavy atom. The molecule has 0 atom stereocenters. The molecule has 0 N–H and O–H groups in total. The molecule has 0 heterocycles. The summed E-state index contributed by atoms with van der Waals surface area (Å²) in [6.45, 7) is 0. The Morgan fingerprint density at radius 1 is 1.31 bits per heavy atom. The minimum atomic E-state index is -4.60. The molecule has 1 aromatic rings. The highest BCUT2D eigenvalue weighted by atomic mass is 19.4. The number of esters is 1. The highest BCUT2D eigenvalue weighted by Crippen LogP contribution is 2.35. The van der Waals surface area contributed by atoms with Crippen LogP contribution in [-0.2, 0) is 15.8 Å². The number of ether oxygens (including phenoxy) is 1. The average molecular weight is 232 g/mol. The van der Waals surface area contributed by atoms with Crippen LogP contribution in [0.2, 0.25) is 0 Å². The molecule has 0 spiro atoms. The van der Waals surface area contributed by atoms with E-state index in [9.17, 15) is 22.8 Å². The van der Waals surface area contributed by atoms with Gasteiger partial charge in [0, 0.05) is 0 Å². The zero-order valence-corrected chi connectivity index (χ0v) is 7.95. The van der Waals surface area contributed by atoms with Gasteiger partial charge in [-0.3, -0.25) is 4.79 Å². The van der Waals surface area contributed by atoms with Gasteiger partial charge in [-0.2, -0.15) is 13.2 Å². The molecule has 0 fully saturated rings. The summed E-state index contributed by atoms with van der Waals surface area (Å²) < 4.78 is 41.7. The number of carbonyl (C=O) groups is 2. The van der Waals surface area contributed by atoms with Crippen LogP contribution in [0.5, 0.6) is 5.75 Å². The number of rotatable bonds is 3. The number of hydrogen-bond acceptors (Lipinski definition) is 3. The number of aldehydes is 1. The Hall–Kier alpha value is -1.85. The first-order chi connectivity index (χ1) is 7.45. The molecular formula is C10H7F3O3. The van der Waals surface area contributed by atoms with Crippen molar-refractivity contribution in [1.29, 1.82) is 0 Å². The molecule has 1 rings (SSSR count). The van der Waals surface area contributed by atoms with Gasteiger partial charge in [-0.05, 0) is 12.1 Å². The monoisotopic (exact) mass is 232 g/mol. The second kappa shape index (κ2) is 4.78. The summed E-state index contributed by atoms with van der Waals surface area (Å²) in [5.41, 5.74) is -1.05. The van der Waals surface area contributed by atoms with Gasteiger partial charge in [-0.1, -0.05) is 12.1 Å². The third-order valence-electron chi connectivity index (χ3n) is 1.67. The second-order valence-corrected chi connectivity index (χ2v) is 2.84. The average Bonchev–Trinajstić information content (AvgIpc) is 2.17. The van der Waals surface area contributed by atoms with Crippen LogP contribution in [0.1, 0.15) is 12.0 Å². The molecule has 0 amide bonds. The molecular weight excluding hydrogens is 225 g/mol. The van der Waals surface area contributed by atoms with Gasteiger partial charge in [-0.15, -0.1) is 0 Å². The summed E-state index contributed by atoms with van der Waals surface area (Å²) in [6.07, 6.45) is -4.91. The fourth-order valence-corrected chi connectivity index (χ4v) is 1.02. The molecule has 0 bridgehead atoms. The standard InChI is InChI=1S/C10H7F3O3/c11-10(12,13)7-3-1-2-4-8(7)16-9(15)5-6-14/h1-4,6H,5H2. The van der Waals surface area contributed by atoms with Gasteiger partial charge in [0.15, 0.2) is 0 Å². The molecule has 0 aliphatic carbocycles. The van der Waals surface area contributed by atoms with E-state index in [2.05, 4.69) is 4.74 Å². The second-order valence-electron chi connectivity index (χ2n) is 2.84. The van der Waals surface area contributed by atoms with Gasteiger partial charge in [0.1, 0.15) is 18.5 Å². The number of alkyl halides is 3. The zero-order valence-electron chi connectivity index (χ0n) is 7.95. The lowest BCUT2D eigenvalue weighted by Gasteiger charge is -2.11. The first kappa shape index (κ1) is 12.2. The van der Waals surface area contributed by atoms with Gasteiger partial charge in [0.25, 0.3) is 0 Å². The number of halogens is 3. The molecule has 0 radical (unpaired) electrons. The lowest BCUT2D eigenvalue weighted by molar-refractivity contribution is -0.142. The van der Waals surface area contributed by atoms with E-state index in [-0.39, 0.29) is 6.29 Å². The van der Waals surface area contributed by atoms with Gasteiger partial charge < -0.3 is 9.53 Å². The van der Waals surface area contributed by atoms with Crippen LogP contribution in [0.15, 0.2) is 24.3 Å². The van der Waals surface area contributed by atoms with Crippen LogP contribution >= 0.6 is 0 Å². The highest BCUT2D eigenvalue weighted by Gasteiger charge is 2.34. The van der Waals surface area contributed by atoms with Crippen molar-refractivity contribution in [2.75, 3.05) is 0 Å². The fourth-order valence-electron chi connectivity index (χ4n) is 1.02. The molecule has 0 saturated heterocycles. The quantitative estimate of drug-likeness (QED) is 0.347. The summed E-state index contributed by atoms with van der Waals surface area (Å²) in [5, 5.41) is 0. The van der Waals surface area contributed by atoms with Crippen LogP contribution in [0, 0.1) is 0 Å². The lowest BCUT2D eigenvalue weighted by atomic mass is 10.2. The van der Waals surface area contributed by atoms with Crippen molar-refractivity contribution in [1.82, 2.24) is 0 Å². The molecule has 6 heteroatoms. The maximum absolute atomic E-state index is 12.4. The van der Waals surface area contributed by atoms with Crippen LogP contribution < -0.4 is 4.74 Å². The van der Waals surface area contributed by atoms with Crippen molar-refractivity contribution >= 4 is 12.3 Å². The minimum Gasteiger partial charge on any atom is -0.426 e. The predicted octanol–water partition coefficient (Wildman–Crippen LogP) is 2.20. The summed E-state index contributed by atoms with van der Waals surface area (Å²) in [4.78, 5) is 20.8. The Bertz CT molecular complexity index is 399. The van der Waals surface area contributed by atoms with Crippen molar-refractivity contribution in [3.05, 3.63) is 29.8 Å². The summed E-state index contributed by atoms with van der Waals surface area (Å²) >= 11 is 0. The number of hydrogen-bond donors (Lipinski definition) is 0. The third kappa shape index (κ3) is 3.08. The van der Waals surface area contributed by atoms with Crippen molar-refractivity contribution in [3.8, 4) is 5.75 Å². The van der Waals surface area contributed by atoms with Crippen LogP contribution in [0.3, 0.4) is 0 Å². The van der Waals surface area contributed by atoms with E-state index in [4.69, 9.17) is 0 Å². The van der Waals surface area contributed by atoms with Crippen molar-refractivity contribution < 1.29 is 27.5 Å². The SMILES string of the molecule is O=CCC(=O)Oc1ccccc1C(F)(F)F. The highest BCUT2D eigenvalue weighted by molar-refractivity contribution is 5.85. The molecule has 0 aliphatic rings.